The van der Waals surface area contributed by atoms with E-state index in [-0.39, 0.29) is 42.0 Å². The highest BCUT2D eigenvalue weighted by molar-refractivity contribution is 5.63. The zero-order valence-electron chi connectivity index (χ0n) is 23.8. The number of aromatic hydroxyl groups is 1. The summed E-state index contributed by atoms with van der Waals surface area (Å²) in [6.45, 7) is -0.905. The molecule has 3 aromatic carbocycles. The van der Waals surface area contributed by atoms with Gasteiger partial charge in [-0.2, -0.15) is 0 Å². The second kappa shape index (κ2) is 13.7. The molecule has 42 heavy (non-hydrogen) atoms. The number of benzene rings is 3. The van der Waals surface area contributed by atoms with Crippen molar-refractivity contribution in [3.05, 3.63) is 70.8 Å². The molecule has 0 aliphatic carbocycles. The van der Waals surface area contributed by atoms with Gasteiger partial charge in [0.2, 0.25) is 5.75 Å². The van der Waals surface area contributed by atoms with Crippen LogP contribution in [0.25, 0.3) is 6.08 Å². The number of rotatable bonds is 13. The molecule has 1 heterocycles. The molecule has 11 nitrogen and oxygen atoms in total. The third-order valence-electron chi connectivity index (χ3n) is 7.11. The van der Waals surface area contributed by atoms with Gasteiger partial charge in [0.1, 0.15) is 12.2 Å². The Balaban J connectivity index is 1.69. The normalized spacial score (nSPS) is 17.3. The van der Waals surface area contributed by atoms with Crippen molar-refractivity contribution in [3.63, 3.8) is 0 Å². The maximum Gasteiger partial charge on any atom is 0.204 e. The molecule has 0 spiro atoms. The fourth-order valence-corrected chi connectivity index (χ4v) is 4.98. The highest BCUT2D eigenvalue weighted by Gasteiger charge is 2.39. The van der Waals surface area contributed by atoms with Gasteiger partial charge in [-0.15, -0.1) is 0 Å². The Labute approximate surface area is 243 Å². The number of ether oxygens (including phenoxy) is 6. The van der Waals surface area contributed by atoms with Gasteiger partial charge >= 0.3 is 0 Å². The molecule has 3 aromatic rings. The van der Waals surface area contributed by atoms with Gasteiger partial charge in [0.25, 0.3) is 0 Å². The van der Waals surface area contributed by atoms with E-state index in [1.807, 2.05) is 6.07 Å². The van der Waals surface area contributed by atoms with E-state index in [9.17, 15) is 25.5 Å². The molecule has 0 saturated heterocycles. The maximum atomic E-state index is 11.0. The molecule has 0 bridgehead atoms. The number of aliphatic hydroxyl groups excluding tert-OH is 4. The van der Waals surface area contributed by atoms with Crippen LogP contribution in [0, 0.1) is 0 Å². The lowest BCUT2D eigenvalue weighted by molar-refractivity contribution is -0.00180. The SMILES string of the molecule is COc1cc([C@@H](O)[C@@H](CO)Oc2c(OC)cc([C@H]3Oc4c(OC)cc(/C=C/CO)cc4[C@@H]3CO)cc2OC)ccc1O. The van der Waals surface area contributed by atoms with E-state index in [0.717, 1.165) is 11.1 Å². The largest absolute Gasteiger partial charge is 0.504 e. The summed E-state index contributed by atoms with van der Waals surface area (Å²) in [4.78, 5) is 0. The number of phenolic OH excluding ortho intramolecular Hbond substituents is 1. The number of phenols is 1. The number of fused-ring (bicyclic) bond motifs is 1. The average molecular weight is 585 g/mol. The predicted octanol–water partition coefficient (Wildman–Crippen LogP) is 3.12. The minimum absolute atomic E-state index is 0.0956. The summed E-state index contributed by atoms with van der Waals surface area (Å²) in [5.41, 5.74) is 2.49. The molecule has 0 saturated carbocycles. The van der Waals surface area contributed by atoms with E-state index in [2.05, 4.69) is 0 Å². The minimum Gasteiger partial charge on any atom is -0.504 e. The first-order chi connectivity index (χ1) is 20.3. The molecule has 0 radical (unpaired) electrons. The van der Waals surface area contributed by atoms with Crippen molar-refractivity contribution in [2.24, 2.45) is 0 Å². The zero-order valence-corrected chi connectivity index (χ0v) is 23.8. The van der Waals surface area contributed by atoms with E-state index < -0.39 is 30.8 Å². The van der Waals surface area contributed by atoms with Gasteiger partial charge in [0.05, 0.1) is 54.2 Å². The van der Waals surface area contributed by atoms with Crippen LogP contribution in [-0.2, 0) is 0 Å². The Kier molecular flexibility index (Phi) is 10.0. The summed E-state index contributed by atoms with van der Waals surface area (Å²) < 4.78 is 34.3. The van der Waals surface area contributed by atoms with E-state index in [0.29, 0.717) is 22.6 Å². The monoisotopic (exact) mass is 584 g/mol. The van der Waals surface area contributed by atoms with Crippen molar-refractivity contribution >= 4 is 6.08 Å². The molecule has 226 valence electrons. The third-order valence-corrected chi connectivity index (χ3v) is 7.11. The number of hydrogen-bond donors (Lipinski definition) is 5. The van der Waals surface area contributed by atoms with Crippen LogP contribution >= 0.6 is 0 Å². The van der Waals surface area contributed by atoms with Crippen LogP contribution in [0.4, 0.5) is 0 Å². The Morgan fingerprint density at radius 3 is 2.10 bits per heavy atom. The predicted molar refractivity (Wildman–Crippen MR) is 153 cm³/mol. The second-order valence-corrected chi connectivity index (χ2v) is 9.52. The lowest BCUT2D eigenvalue weighted by Gasteiger charge is -2.26. The number of hydrogen-bond acceptors (Lipinski definition) is 11. The Morgan fingerprint density at radius 1 is 0.857 bits per heavy atom. The van der Waals surface area contributed by atoms with Crippen LogP contribution in [0.15, 0.2) is 48.5 Å². The van der Waals surface area contributed by atoms with Gasteiger partial charge in [-0.3, -0.25) is 0 Å². The highest BCUT2D eigenvalue weighted by atomic mass is 16.6. The standard InChI is InChI=1S/C31H36O11/c1-37-23-12-18(7-8-22(23)35)28(36)27(16-34)41-31-25(39-3)13-19(14-26(31)40-4)29-21(15-33)20-10-17(6-5-9-32)11-24(38-2)30(20)42-29/h5-8,10-14,21,27-29,32-36H,9,15-16H2,1-4H3/b6-5+/t21-,27+,28+,29+/m0/s1. The van der Waals surface area contributed by atoms with Crippen LogP contribution in [0.5, 0.6) is 40.2 Å². The van der Waals surface area contributed by atoms with E-state index in [4.69, 9.17) is 28.4 Å². The second-order valence-electron chi connectivity index (χ2n) is 9.52. The smallest absolute Gasteiger partial charge is 0.204 e. The van der Waals surface area contributed by atoms with E-state index in [1.54, 1.807) is 30.4 Å². The lowest BCUT2D eigenvalue weighted by Crippen LogP contribution is -2.29. The van der Waals surface area contributed by atoms with Crippen LogP contribution in [0.3, 0.4) is 0 Å². The Bertz CT molecular complexity index is 1380. The first kappa shape index (κ1) is 30.8. The molecule has 0 amide bonds. The van der Waals surface area contributed by atoms with Gasteiger partial charge in [0.15, 0.2) is 40.6 Å². The van der Waals surface area contributed by atoms with Gasteiger partial charge in [-0.25, -0.2) is 0 Å². The van der Waals surface area contributed by atoms with Crippen molar-refractivity contribution in [1.29, 1.82) is 0 Å². The maximum absolute atomic E-state index is 11.0. The zero-order chi connectivity index (χ0) is 30.4. The Hall–Kier alpha value is -4.16. The van der Waals surface area contributed by atoms with Gasteiger partial charge in [-0.05, 0) is 47.5 Å². The first-order valence-corrected chi connectivity index (χ1v) is 13.2. The van der Waals surface area contributed by atoms with Crippen molar-refractivity contribution in [3.8, 4) is 40.2 Å². The van der Waals surface area contributed by atoms with Crippen molar-refractivity contribution in [2.75, 3.05) is 48.3 Å². The molecular formula is C31H36O11. The Morgan fingerprint density at radius 2 is 1.52 bits per heavy atom. The van der Waals surface area contributed by atoms with E-state index >= 15 is 0 Å². The van der Waals surface area contributed by atoms with Gasteiger partial charge in [-0.1, -0.05) is 18.2 Å². The van der Waals surface area contributed by atoms with Crippen LogP contribution in [-0.4, -0.2) is 79.9 Å². The molecule has 0 aromatic heterocycles. The average Bonchev–Trinajstić information content (AvgIpc) is 3.40. The molecule has 1 aliphatic heterocycles. The summed E-state index contributed by atoms with van der Waals surface area (Å²) in [5, 5.41) is 50.6. The highest BCUT2D eigenvalue weighted by Crippen LogP contribution is 2.53. The fraction of sp³-hybridized carbons (Fsp3) is 0.355. The molecule has 4 atom stereocenters. The van der Waals surface area contributed by atoms with Crippen molar-refractivity contribution in [2.45, 2.75) is 24.2 Å². The van der Waals surface area contributed by atoms with Gasteiger partial charge < -0.3 is 54.0 Å². The summed E-state index contributed by atoms with van der Waals surface area (Å²) in [6.07, 6.45) is 0.275. The van der Waals surface area contributed by atoms with Crippen LogP contribution in [0.1, 0.15) is 40.4 Å². The summed E-state index contributed by atoms with van der Waals surface area (Å²) >= 11 is 0. The quantitative estimate of drug-likeness (QED) is 0.201. The number of methoxy groups -OCH3 is 4. The summed E-state index contributed by atoms with van der Waals surface area (Å²) in [6, 6.07) is 11.3. The fourth-order valence-electron chi connectivity index (χ4n) is 4.98. The third kappa shape index (κ3) is 6.04. The molecule has 11 heteroatoms. The minimum atomic E-state index is -1.30. The molecule has 5 N–H and O–H groups in total. The van der Waals surface area contributed by atoms with Crippen LogP contribution in [0.2, 0.25) is 0 Å². The van der Waals surface area contributed by atoms with Gasteiger partial charge in [0, 0.05) is 11.1 Å². The first-order valence-electron chi connectivity index (χ1n) is 13.2. The van der Waals surface area contributed by atoms with E-state index in [1.165, 1.54) is 46.6 Å². The van der Waals surface area contributed by atoms with Crippen molar-refractivity contribution in [1.82, 2.24) is 0 Å². The topological polar surface area (TPSA) is 157 Å². The molecule has 1 aliphatic rings. The lowest BCUT2D eigenvalue weighted by atomic mass is 9.90. The van der Waals surface area contributed by atoms with Crippen LogP contribution < -0.4 is 28.4 Å². The van der Waals surface area contributed by atoms with Crippen molar-refractivity contribution < 1.29 is 54.0 Å². The molecule has 0 fully saturated rings. The molecular weight excluding hydrogens is 548 g/mol. The summed E-state index contributed by atoms with van der Waals surface area (Å²) in [5.74, 6) is 1.20. The number of aliphatic hydroxyl groups is 4. The molecule has 4 rings (SSSR count). The molecule has 0 unspecified atom stereocenters. The summed E-state index contributed by atoms with van der Waals surface area (Å²) in [7, 11) is 5.80.